The van der Waals surface area contributed by atoms with Gasteiger partial charge in [0.25, 0.3) is 0 Å². The second-order valence-electron chi connectivity index (χ2n) is 4.24. The van der Waals surface area contributed by atoms with Crippen molar-refractivity contribution in [3.63, 3.8) is 0 Å². The molecule has 1 amide bonds. The van der Waals surface area contributed by atoms with Crippen LogP contribution in [-0.2, 0) is 9.53 Å². The van der Waals surface area contributed by atoms with Crippen molar-refractivity contribution in [1.29, 1.82) is 0 Å². The predicted molar refractivity (Wildman–Crippen MR) is 79.5 cm³/mol. The van der Waals surface area contributed by atoms with Gasteiger partial charge in [0.05, 0.1) is 13.2 Å². The Labute approximate surface area is 119 Å². The molecule has 0 aromatic heterocycles. The van der Waals surface area contributed by atoms with Gasteiger partial charge in [-0.2, -0.15) is 0 Å². The minimum absolute atomic E-state index is 0.0456. The molecule has 1 aromatic carbocycles. The SMILES string of the molecule is COCCNC(=O)CN(C)CCSc1ccccc1. The van der Waals surface area contributed by atoms with E-state index in [4.69, 9.17) is 4.74 Å². The summed E-state index contributed by atoms with van der Waals surface area (Å²) in [6, 6.07) is 10.3. The normalized spacial score (nSPS) is 10.7. The Kier molecular flexibility index (Phi) is 8.29. The lowest BCUT2D eigenvalue weighted by atomic mass is 10.4. The molecule has 0 spiro atoms. The molecule has 0 fully saturated rings. The van der Waals surface area contributed by atoms with Gasteiger partial charge in [-0.05, 0) is 19.2 Å². The maximum atomic E-state index is 11.5. The van der Waals surface area contributed by atoms with Crippen LogP contribution in [0, 0.1) is 0 Å². The first-order valence-corrected chi connectivity index (χ1v) is 7.33. The molecule has 0 aliphatic carbocycles. The molecule has 5 heteroatoms. The summed E-state index contributed by atoms with van der Waals surface area (Å²) in [7, 11) is 3.58. The van der Waals surface area contributed by atoms with Gasteiger partial charge in [0.15, 0.2) is 0 Å². The standard InChI is InChI=1S/C14H22N2O2S/c1-16(12-14(17)15-8-10-18-2)9-11-19-13-6-4-3-5-7-13/h3-7H,8-12H2,1-2H3,(H,15,17). The van der Waals surface area contributed by atoms with Crippen molar-refractivity contribution < 1.29 is 9.53 Å². The molecular formula is C14H22N2O2S. The lowest BCUT2D eigenvalue weighted by Crippen LogP contribution is -2.37. The second kappa shape index (κ2) is 9.83. The fraction of sp³-hybridized carbons (Fsp3) is 0.500. The number of rotatable bonds is 9. The average Bonchev–Trinajstić information content (AvgIpc) is 2.40. The van der Waals surface area contributed by atoms with Gasteiger partial charge in [-0.25, -0.2) is 0 Å². The summed E-state index contributed by atoms with van der Waals surface area (Å²) in [5.41, 5.74) is 0. The van der Waals surface area contributed by atoms with Crippen molar-refractivity contribution in [2.45, 2.75) is 4.90 Å². The topological polar surface area (TPSA) is 41.6 Å². The zero-order valence-electron chi connectivity index (χ0n) is 11.6. The predicted octanol–water partition coefficient (Wildman–Crippen LogP) is 1.47. The molecular weight excluding hydrogens is 260 g/mol. The summed E-state index contributed by atoms with van der Waals surface area (Å²) in [4.78, 5) is 14.8. The molecule has 0 heterocycles. The number of nitrogens with one attached hydrogen (secondary N) is 1. The summed E-state index contributed by atoms with van der Waals surface area (Å²) >= 11 is 1.80. The summed E-state index contributed by atoms with van der Waals surface area (Å²) in [5.74, 6) is 1.02. The molecule has 0 bridgehead atoms. The fourth-order valence-electron chi connectivity index (χ4n) is 1.51. The van der Waals surface area contributed by atoms with Gasteiger partial charge in [-0.3, -0.25) is 9.69 Å². The number of carbonyl (C=O) groups excluding carboxylic acids is 1. The van der Waals surface area contributed by atoms with Crippen LogP contribution in [0.15, 0.2) is 35.2 Å². The molecule has 19 heavy (non-hydrogen) atoms. The van der Waals surface area contributed by atoms with E-state index in [0.717, 1.165) is 12.3 Å². The van der Waals surface area contributed by atoms with Gasteiger partial charge in [0.2, 0.25) is 5.91 Å². The van der Waals surface area contributed by atoms with Crippen molar-refractivity contribution in [1.82, 2.24) is 10.2 Å². The Morgan fingerprint density at radius 1 is 1.37 bits per heavy atom. The van der Waals surface area contributed by atoms with Crippen molar-refractivity contribution in [3.05, 3.63) is 30.3 Å². The maximum Gasteiger partial charge on any atom is 0.234 e. The number of amides is 1. The number of likely N-dealkylation sites (N-methyl/N-ethyl adjacent to an activating group) is 1. The Balaban J connectivity index is 2.10. The van der Waals surface area contributed by atoms with Crippen molar-refractivity contribution >= 4 is 17.7 Å². The van der Waals surface area contributed by atoms with E-state index in [-0.39, 0.29) is 5.91 Å². The molecule has 0 aliphatic heterocycles. The Morgan fingerprint density at radius 3 is 2.79 bits per heavy atom. The van der Waals surface area contributed by atoms with Crippen molar-refractivity contribution in [3.8, 4) is 0 Å². The van der Waals surface area contributed by atoms with E-state index in [0.29, 0.717) is 19.7 Å². The van der Waals surface area contributed by atoms with Gasteiger partial charge >= 0.3 is 0 Å². The smallest absolute Gasteiger partial charge is 0.234 e. The van der Waals surface area contributed by atoms with Crippen LogP contribution in [0.3, 0.4) is 0 Å². The van der Waals surface area contributed by atoms with Gasteiger partial charge in [-0.1, -0.05) is 18.2 Å². The van der Waals surface area contributed by atoms with Crippen LogP contribution < -0.4 is 5.32 Å². The van der Waals surface area contributed by atoms with E-state index >= 15 is 0 Å². The molecule has 1 N–H and O–H groups in total. The van der Waals surface area contributed by atoms with Crippen LogP contribution >= 0.6 is 11.8 Å². The lowest BCUT2D eigenvalue weighted by molar-refractivity contribution is -0.122. The third kappa shape index (κ3) is 7.87. The van der Waals surface area contributed by atoms with E-state index in [1.54, 1.807) is 18.9 Å². The number of methoxy groups -OCH3 is 1. The summed E-state index contributed by atoms with van der Waals surface area (Å²) in [6.45, 7) is 2.44. The van der Waals surface area contributed by atoms with E-state index in [1.807, 2.05) is 30.1 Å². The van der Waals surface area contributed by atoms with E-state index in [2.05, 4.69) is 17.4 Å². The monoisotopic (exact) mass is 282 g/mol. The number of benzene rings is 1. The molecule has 1 rings (SSSR count). The molecule has 0 radical (unpaired) electrons. The van der Waals surface area contributed by atoms with Crippen LogP contribution in [0.4, 0.5) is 0 Å². The highest BCUT2D eigenvalue weighted by Crippen LogP contribution is 2.16. The van der Waals surface area contributed by atoms with E-state index in [9.17, 15) is 4.79 Å². The second-order valence-corrected chi connectivity index (χ2v) is 5.41. The van der Waals surface area contributed by atoms with Gasteiger partial charge in [0, 0.05) is 30.8 Å². The molecule has 0 saturated heterocycles. The number of carbonyl (C=O) groups is 1. The highest BCUT2D eigenvalue weighted by molar-refractivity contribution is 7.99. The molecule has 4 nitrogen and oxygen atoms in total. The first-order valence-electron chi connectivity index (χ1n) is 6.34. The molecule has 0 aliphatic rings. The van der Waals surface area contributed by atoms with Crippen LogP contribution in [0.1, 0.15) is 0 Å². The van der Waals surface area contributed by atoms with Gasteiger partial charge < -0.3 is 10.1 Å². The Bertz CT molecular complexity index is 360. The zero-order valence-corrected chi connectivity index (χ0v) is 12.4. The average molecular weight is 282 g/mol. The summed E-state index contributed by atoms with van der Waals surface area (Å²) in [6.07, 6.45) is 0. The zero-order chi connectivity index (χ0) is 13.9. The first-order chi connectivity index (χ1) is 9.22. The lowest BCUT2D eigenvalue weighted by Gasteiger charge is -2.15. The molecule has 1 aromatic rings. The number of ether oxygens (including phenoxy) is 1. The number of thioether (sulfide) groups is 1. The van der Waals surface area contributed by atoms with E-state index in [1.165, 1.54) is 4.90 Å². The van der Waals surface area contributed by atoms with Crippen molar-refractivity contribution in [2.24, 2.45) is 0 Å². The third-order valence-electron chi connectivity index (χ3n) is 2.53. The number of nitrogens with zero attached hydrogens (tertiary/aromatic N) is 1. The highest BCUT2D eigenvalue weighted by Gasteiger charge is 2.05. The molecule has 0 atom stereocenters. The van der Waals surface area contributed by atoms with Gasteiger partial charge in [0.1, 0.15) is 0 Å². The minimum Gasteiger partial charge on any atom is -0.383 e. The van der Waals surface area contributed by atoms with Gasteiger partial charge in [-0.15, -0.1) is 11.8 Å². The highest BCUT2D eigenvalue weighted by atomic mass is 32.2. The first kappa shape index (κ1) is 16.0. The molecule has 106 valence electrons. The summed E-state index contributed by atoms with van der Waals surface area (Å²) < 4.78 is 4.88. The quantitative estimate of drug-likeness (QED) is 0.550. The fourth-order valence-corrected chi connectivity index (χ4v) is 2.50. The van der Waals surface area contributed by atoms with Crippen LogP contribution in [0.5, 0.6) is 0 Å². The van der Waals surface area contributed by atoms with Crippen LogP contribution in [0.25, 0.3) is 0 Å². The van der Waals surface area contributed by atoms with Crippen molar-refractivity contribution in [2.75, 3.05) is 46.2 Å². The van der Waals surface area contributed by atoms with Crippen LogP contribution in [0.2, 0.25) is 0 Å². The number of hydrogen-bond donors (Lipinski definition) is 1. The largest absolute Gasteiger partial charge is 0.383 e. The van der Waals surface area contributed by atoms with Crippen LogP contribution in [-0.4, -0.2) is 57.0 Å². The van der Waals surface area contributed by atoms with E-state index < -0.39 is 0 Å². The summed E-state index contributed by atoms with van der Waals surface area (Å²) in [5, 5.41) is 2.81. The third-order valence-corrected chi connectivity index (χ3v) is 3.52. The molecule has 0 saturated carbocycles. The Morgan fingerprint density at radius 2 is 2.11 bits per heavy atom. The Hall–Kier alpha value is -1.04. The number of hydrogen-bond acceptors (Lipinski definition) is 4. The maximum absolute atomic E-state index is 11.5. The minimum atomic E-state index is 0.0456. The molecule has 0 unspecified atom stereocenters.